The van der Waals surface area contributed by atoms with Crippen molar-refractivity contribution in [3.63, 3.8) is 0 Å². The maximum atomic E-state index is 14.0. The third-order valence-electron chi connectivity index (χ3n) is 7.60. The van der Waals surface area contributed by atoms with Gasteiger partial charge in [0, 0.05) is 40.3 Å². The third kappa shape index (κ3) is 4.38. The Bertz CT molecular complexity index is 1500. The standard InChI is InChI=1S/C29H29N5O3/c1-19-13-23(10-12-30-19)34(28(36)21-8-9-25-22(14-21)17-31-32-25)24-6-4-11-29(37,16-24)18-33-26-7-3-2-5-20(26)15-27(33)35/h2-3,5,7-10,12-14,17,24,37H,4,6,11,15-16,18H2,1H3,(H,31,32)/t24-,29+/m1/s1. The summed E-state index contributed by atoms with van der Waals surface area (Å²) in [6, 6.07) is 16.8. The SMILES string of the molecule is Cc1cc(N(C(=O)c2ccc3[nH]ncc3c2)[C@@H]2CCC[C@@](O)(CN3C(=O)Cc4ccccc43)C2)ccn1. The van der Waals surface area contributed by atoms with Gasteiger partial charge in [0.25, 0.3) is 5.91 Å². The first-order chi connectivity index (χ1) is 17.9. The highest BCUT2D eigenvalue weighted by atomic mass is 16.3. The molecule has 2 aliphatic rings. The zero-order valence-electron chi connectivity index (χ0n) is 20.7. The third-order valence-corrected chi connectivity index (χ3v) is 7.60. The van der Waals surface area contributed by atoms with E-state index in [1.807, 2.05) is 55.5 Å². The summed E-state index contributed by atoms with van der Waals surface area (Å²) in [6.07, 6.45) is 6.23. The van der Waals surface area contributed by atoms with E-state index >= 15 is 0 Å². The van der Waals surface area contributed by atoms with Gasteiger partial charge in [0.2, 0.25) is 5.91 Å². The molecule has 188 valence electrons. The van der Waals surface area contributed by atoms with E-state index < -0.39 is 5.60 Å². The van der Waals surface area contributed by atoms with Crippen LogP contribution in [-0.2, 0) is 11.2 Å². The average Bonchev–Trinajstić information content (AvgIpc) is 3.48. The fourth-order valence-electron chi connectivity index (χ4n) is 5.85. The Morgan fingerprint density at radius 3 is 2.95 bits per heavy atom. The summed E-state index contributed by atoms with van der Waals surface area (Å²) in [5.41, 5.74) is 3.74. The number of aromatic nitrogens is 3. The Kier molecular flexibility index (Phi) is 5.76. The number of carbonyl (C=O) groups excluding carboxylic acids is 2. The summed E-state index contributed by atoms with van der Waals surface area (Å²) in [5, 5.41) is 19.7. The molecule has 8 heteroatoms. The maximum Gasteiger partial charge on any atom is 0.258 e. The van der Waals surface area contributed by atoms with E-state index in [1.165, 1.54) is 0 Å². The molecule has 1 aliphatic heterocycles. The lowest BCUT2D eigenvalue weighted by Crippen LogP contribution is -2.53. The van der Waals surface area contributed by atoms with Crippen LogP contribution in [-0.4, -0.2) is 50.3 Å². The minimum Gasteiger partial charge on any atom is -0.388 e. The Balaban J connectivity index is 1.32. The first-order valence-electron chi connectivity index (χ1n) is 12.7. The molecule has 2 aromatic heterocycles. The molecule has 8 nitrogen and oxygen atoms in total. The first kappa shape index (κ1) is 23.4. The van der Waals surface area contributed by atoms with Gasteiger partial charge < -0.3 is 14.9 Å². The number of fused-ring (bicyclic) bond motifs is 2. The van der Waals surface area contributed by atoms with Crippen LogP contribution in [0.4, 0.5) is 11.4 Å². The second-order valence-corrected chi connectivity index (χ2v) is 10.3. The number of aromatic amines is 1. The number of hydrogen-bond donors (Lipinski definition) is 2. The Labute approximate surface area is 214 Å². The maximum absolute atomic E-state index is 14.0. The predicted molar refractivity (Wildman–Crippen MR) is 142 cm³/mol. The molecule has 4 aromatic rings. The van der Waals surface area contributed by atoms with Gasteiger partial charge in [-0.2, -0.15) is 5.10 Å². The molecule has 1 aliphatic carbocycles. The molecule has 0 spiro atoms. The summed E-state index contributed by atoms with van der Waals surface area (Å²) in [6.45, 7) is 2.12. The van der Waals surface area contributed by atoms with E-state index in [9.17, 15) is 14.7 Å². The van der Waals surface area contributed by atoms with Crippen LogP contribution in [0.1, 0.15) is 47.3 Å². The fraction of sp³-hybridized carbons (Fsp3) is 0.310. The number of carbonyl (C=O) groups is 2. The molecule has 37 heavy (non-hydrogen) atoms. The second kappa shape index (κ2) is 9.12. The number of anilines is 2. The van der Waals surface area contributed by atoms with Gasteiger partial charge >= 0.3 is 0 Å². The normalized spacial score (nSPS) is 21.3. The van der Waals surface area contributed by atoms with Crippen molar-refractivity contribution in [2.75, 3.05) is 16.3 Å². The van der Waals surface area contributed by atoms with E-state index in [0.29, 0.717) is 24.8 Å². The lowest BCUT2D eigenvalue weighted by atomic mass is 9.80. The highest BCUT2D eigenvalue weighted by Gasteiger charge is 2.42. The van der Waals surface area contributed by atoms with Gasteiger partial charge in [-0.3, -0.25) is 19.7 Å². The van der Waals surface area contributed by atoms with Crippen molar-refractivity contribution in [3.8, 4) is 0 Å². The highest BCUT2D eigenvalue weighted by molar-refractivity contribution is 6.08. The molecular formula is C29H29N5O3. The molecule has 1 saturated carbocycles. The molecule has 2 N–H and O–H groups in total. The largest absolute Gasteiger partial charge is 0.388 e. The zero-order chi connectivity index (χ0) is 25.6. The molecule has 0 radical (unpaired) electrons. The first-order valence-corrected chi connectivity index (χ1v) is 12.7. The summed E-state index contributed by atoms with van der Waals surface area (Å²) < 4.78 is 0. The summed E-state index contributed by atoms with van der Waals surface area (Å²) in [4.78, 5) is 34.7. The molecule has 1 fully saturated rings. The Hall–Kier alpha value is -4.04. The molecule has 0 bridgehead atoms. The molecule has 2 amide bonds. The number of aryl methyl sites for hydroxylation is 1. The van der Waals surface area contributed by atoms with Crippen LogP contribution >= 0.6 is 0 Å². The minimum atomic E-state index is -1.11. The van der Waals surface area contributed by atoms with Crippen LogP contribution in [0.25, 0.3) is 10.9 Å². The number of hydrogen-bond acceptors (Lipinski definition) is 5. The van der Waals surface area contributed by atoms with Gasteiger partial charge in [0.05, 0.1) is 30.3 Å². The van der Waals surface area contributed by atoms with Crippen molar-refractivity contribution in [1.29, 1.82) is 0 Å². The number of β-amino-alcohol motifs (C(OH)–C–C–N with tert-alkyl or cyclic N) is 1. The van der Waals surface area contributed by atoms with Crippen LogP contribution < -0.4 is 9.80 Å². The van der Waals surface area contributed by atoms with Crippen LogP contribution in [0, 0.1) is 6.92 Å². The van der Waals surface area contributed by atoms with Crippen LogP contribution in [0.3, 0.4) is 0 Å². The molecule has 0 saturated heterocycles. The number of benzene rings is 2. The van der Waals surface area contributed by atoms with Crippen LogP contribution in [0.15, 0.2) is 67.0 Å². The number of aliphatic hydroxyl groups is 1. The number of H-pyrrole nitrogens is 1. The number of rotatable bonds is 5. The smallest absolute Gasteiger partial charge is 0.258 e. The van der Waals surface area contributed by atoms with Gasteiger partial charge in [-0.15, -0.1) is 0 Å². The summed E-state index contributed by atoms with van der Waals surface area (Å²) in [7, 11) is 0. The number of para-hydroxylation sites is 1. The monoisotopic (exact) mass is 495 g/mol. The van der Waals surface area contributed by atoms with Crippen molar-refractivity contribution in [1.82, 2.24) is 15.2 Å². The summed E-state index contributed by atoms with van der Waals surface area (Å²) >= 11 is 0. The zero-order valence-corrected chi connectivity index (χ0v) is 20.7. The fourth-order valence-corrected chi connectivity index (χ4v) is 5.85. The quantitative estimate of drug-likeness (QED) is 0.433. The topological polar surface area (TPSA) is 102 Å². The van der Waals surface area contributed by atoms with Crippen molar-refractivity contribution in [3.05, 3.63) is 83.8 Å². The van der Waals surface area contributed by atoms with Gasteiger partial charge in [-0.05, 0) is 74.6 Å². The molecule has 0 unspecified atom stereocenters. The van der Waals surface area contributed by atoms with E-state index in [4.69, 9.17) is 0 Å². The van der Waals surface area contributed by atoms with Crippen molar-refractivity contribution in [2.24, 2.45) is 0 Å². The molecule has 2 atom stereocenters. The van der Waals surface area contributed by atoms with Crippen molar-refractivity contribution >= 4 is 34.1 Å². The molecular weight excluding hydrogens is 466 g/mol. The Morgan fingerprint density at radius 1 is 1.22 bits per heavy atom. The van der Waals surface area contributed by atoms with Gasteiger partial charge in [0.1, 0.15) is 0 Å². The van der Waals surface area contributed by atoms with Crippen molar-refractivity contribution in [2.45, 2.75) is 50.7 Å². The molecule has 6 rings (SSSR count). The van der Waals surface area contributed by atoms with Gasteiger partial charge in [-0.1, -0.05) is 18.2 Å². The van der Waals surface area contributed by atoms with E-state index in [1.54, 1.807) is 28.3 Å². The van der Waals surface area contributed by atoms with Crippen molar-refractivity contribution < 1.29 is 14.7 Å². The van der Waals surface area contributed by atoms with E-state index in [0.717, 1.165) is 46.4 Å². The van der Waals surface area contributed by atoms with E-state index in [-0.39, 0.29) is 24.4 Å². The Morgan fingerprint density at radius 2 is 2.08 bits per heavy atom. The van der Waals surface area contributed by atoms with Gasteiger partial charge in [0.15, 0.2) is 0 Å². The number of nitrogens with one attached hydrogen (secondary N) is 1. The number of amides is 2. The summed E-state index contributed by atoms with van der Waals surface area (Å²) in [5.74, 6) is -0.131. The lowest BCUT2D eigenvalue weighted by Gasteiger charge is -2.43. The average molecular weight is 496 g/mol. The highest BCUT2D eigenvalue weighted by Crippen LogP contribution is 2.38. The minimum absolute atomic E-state index is 0.00264. The number of pyridine rings is 1. The van der Waals surface area contributed by atoms with Crippen LogP contribution in [0.2, 0.25) is 0 Å². The predicted octanol–water partition coefficient (Wildman–Crippen LogP) is 4.18. The lowest BCUT2D eigenvalue weighted by molar-refractivity contribution is -0.118. The molecule has 3 heterocycles. The van der Waals surface area contributed by atoms with Crippen LogP contribution in [0.5, 0.6) is 0 Å². The van der Waals surface area contributed by atoms with E-state index in [2.05, 4.69) is 15.2 Å². The number of nitrogens with zero attached hydrogens (tertiary/aromatic N) is 4. The second-order valence-electron chi connectivity index (χ2n) is 10.3. The molecule has 2 aromatic carbocycles. The van der Waals surface area contributed by atoms with Gasteiger partial charge in [-0.25, -0.2) is 0 Å².